The number of nitrogens with zero attached hydrogens (tertiary/aromatic N) is 5. The van der Waals surface area contributed by atoms with E-state index in [0.717, 1.165) is 67.4 Å². The highest BCUT2D eigenvalue weighted by Crippen LogP contribution is 2.45. The van der Waals surface area contributed by atoms with Crippen LogP contribution in [0.15, 0.2) is 60.1 Å². The Morgan fingerprint density at radius 1 is 0.981 bits per heavy atom. The molecule has 5 fully saturated rings. The lowest BCUT2D eigenvalue weighted by Gasteiger charge is -2.48. The van der Waals surface area contributed by atoms with Crippen molar-refractivity contribution < 1.29 is 19.5 Å². The van der Waals surface area contributed by atoms with Crippen LogP contribution in [0, 0.1) is 17.8 Å². The van der Waals surface area contributed by atoms with E-state index in [9.17, 15) is 19.5 Å². The number of likely N-dealkylation sites (N-methyl/N-ethyl adjacent to an activating group) is 1. The number of benzene rings is 2. The molecule has 54 heavy (non-hydrogen) atoms. The fraction of sp³-hybridized carbons (Fsp3) is 0.537. The standard InChI is InChI=1S/C24H30N4O3.C17H25N5O/c29-22-4-3-21(23(30)25-22)28-14-16-1-2-19(10-20(16)24(28)31)27-7-5-15(6-8-27)11-26-12-17-9-18(17)13-26;1-11-9-22-12(10-21(11)2)8-20-17(19)15(22)7-14(18)13-5-3-4-6-16(13)23/h1-2,10,15,17-18,21H,3-9,11-14H2,(H,25,29,30);3-7,11-12,20,23H,8-10,18-19H2,1-2H3/b;14-7-. The minimum Gasteiger partial charge on any atom is -0.507 e. The van der Waals surface area contributed by atoms with Gasteiger partial charge >= 0.3 is 0 Å². The summed E-state index contributed by atoms with van der Waals surface area (Å²) in [6, 6.07) is 13.5. The number of allylic oxidation sites excluding steroid dienone is 1. The van der Waals surface area contributed by atoms with Gasteiger partial charge in [0.25, 0.3) is 5.91 Å². The number of hydrogen-bond acceptors (Lipinski definition) is 11. The highest BCUT2D eigenvalue weighted by Gasteiger charge is 2.45. The number of piperazine rings is 1. The molecule has 1 saturated carbocycles. The van der Waals surface area contributed by atoms with Crippen LogP contribution < -0.4 is 27.0 Å². The van der Waals surface area contributed by atoms with Crippen molar-refractivity contribution in [3.8, 4) is 5.75 Å². The summed E-state index contributed by atoms with van der Waals surface area (Å²) < 4.78 is 0. The quantitative estimate of drug-likeness (QED) is 0.276. The second-order valence-electron chi connectivity index (χ2n) is 16.5. The number of anilines is 1. The maximum Gasteiger partial charge on any atom is 0.255 e. The highest BCUT2D eigenvalue weighted by atomic mass is 16.3. The molecular weight excluding hydrogens is 683 g/mol. The van der Waals surface area contributed by atoms with E-state index in [2.05, 4.69) is 50.3 Å². The number of amides is 3. The molecular formula is C41H55N9O4. The first-order valence-corrected chi connectivity index (χ1v) is 19.7. The summed E-state index contributed by atoms with van der Waals surface area (Å²) in [4.78, 5) is 48.1. The Morgan fingerprint density at radius 3 is 2.48 bits per heavy atom. The van der Waals surface area contributed by atoms with Crippen LogP contribution >= 0.6 is 0 Å². The lowest BCUT2D eigenvalue weighted by Crippen LogP contribution is -2.61. The third-order valence-corrected chi connectivity index (χ3v) is 12.8. The van der Waals surface area contributed by atoms with Gasteiger partial charge < -0.3 is 41.5 Å². The van der Waals surface area contributed by atoms with E-state index in [4.69, 9.17) is 11.5 Å². The van der Waals surface area contributed by atoms with Gasteiger partial charge in [0, 0.05) is 93.9 Å². The molecule has 2 aromatic carbocycles. The number of piperidine rings is 3. The molecule has 5 unspecified atom stereocenters. The predicted octanol–water partition coefficient (Wildman–Crippen LogP) is 2.04. The number of hydrogen-bond donors (Lipinski definition) is 5. The first-order valence-electron chi connectivity index (χ1n) is 19.7. The van der Waals surface area contributed by atoms with Crippen molar-refractivity contribution in [2.45, 2.75) is 63.7 Å². The maximum atomic E-state index is 13.1. The predicted molar refractivity (Wildman–Crippen MR) is 208 cm³/mol. The van der Waals surface area contributed by atoms with Gasteiger partial charge in [-0.15, -0.1) is 0 Å². The number of rotatable bonds is 6. The second kappa shape index (κ2) is 14.8. The molecule has 0 spiro atoms. The van der Waals surface area contributed by atoms with Crippen molar-refractivity contribution in [2.75, 3.05) is 64.3 Å². The number of fused-ring (bicyclic) bond motifs is 3. The molecule has 2 aromatic rings. The van der Waals surface area contributed by atoms with Crippen LogP contribution in [-0.2, 0) is 16.1 Å². The molecule has 288 valence electrons. The van der Waals surface area contributed by atoms with Crippen LogP contribution in [0.2, 0.25) is 0 Å². The molecule has 3 amide bonds. The number of carbonyl (C=O) groups is 3. The van der Waals surface area contributed by atoms with Crippen molar-refractivity contribution in [2.24, 2.45) is 29.2 Å². The Hall–Kier alpha value is -4.75. The zero-order valence-corrected chi connectivity index (χ0v) is 31.5. The largest absolute Gasteiger partial charge is 0.507 e. The van der Waals surface area contributed by atoms with Crippen LogP contribution in [0.4, 0.5) is 5.69 Å². The topological polar surface area (TPSA) is 164 Å². The van der Waals surface area contributed by atoms with Crippen molar-refractivity contribution in [3.05, 3.63) is 76.7 Å². The molecule has 6 heterocycles. The van der Waals surface area contributed by atoms with Crippen molar-refractivity contribution in [1.29, 1.82) is 0 Å². The number of aromatic hydroxyl groups is 1. The normalized spacial score (nSPS) is 28.9. The van der Waals surface area contributed by atoms with Gasteiger partial charge in [-0.3, -0.25) is 24.6 Å². The van der Waals surface area contributed by atoms with Gasteiger partial charge in [0.1, 0.15) is 17.6 Å². The van der Waals surface area contributed by atoms with Gasteiger partial charge in [-0.2, -0.15) is 0 Å². The zero-order chi connectivity index (χ0) is 37.7. The molecule has 4 saturated heterocycles. The summed E-state index contributed by atoms with van der Waals surface area (Å²) in [5.74, 6) is 2.91. The minimum atomic E-state index is -0.548. The van der Waals surface area contributed by atoms with Gasteiger partial charge in [-0.1, -0.05) is 18.2 Å². The van der Waals surface area contributed by atoms with E-state index >= 15 is 0 Å². The van der Waals surface area contributed by atoms with Crippen LogP contribution in [-0.4, -0.2) is 120 Å². The molecule has 9 rings (SSSR count). The molecule has 1 aliphatic carbocycles. The smallest absolute Gasteiger partial charge is 0.255 e. The summed E-state index contributed by atoms with van der Waals surface area (Å²) in [6.45, 7) is 11.3. The SMILES string of the molecule is CC1CN2C(/C=C(\N)c3ccccc3O)=C(N)NCC2CN1C.O=C1CCC(N2Cc3ccc(N4CCC(CN5CC6CC6C5)CC4)cc3C2=O)C(=O)N1. The fourth-order valence-corrected chi connectivity index (χ4v) is 9.35. The number of nitrogens with one attached hydrogen (secondary N) is 2. The maximum absolute atomic E-state index is 13.1. The van der Waals surface area contributed by atoms with E-state index in [-0.39, 0.29) is 29.9 Å². The number of nitrogens with two attached hydrogens (primary N) is 2. The van der Waals surface area contributed by atoms with E-state index < -0.39 is 6.04 Å². The summed E-state index contributed by atoms with van der Waals surface area (Å²) in [5.41, 5.74) is 17.2. The van der Waals surface area contributed by atoms with Gasteiger partial charge in [0.05, 0.1) is 11.7 Å². The summed E-state index contributed by atoms with van der Waals surface area (Å²) in [6.07, 6.45) is 6.44. The van der Waals surface area contributed by atoms with Crippen LogP contribution in [0.1, 0.15) is 60.5 Å². The fourth-order valence-electron chi connectivity index (χ4n) is 9.35. The highest BCUT2D eigenvalue weighted by molar-refractivity contribution is 6.05. The molecule has 0 bridgehead atoms. The first-order chi connectivity index (χ1) is 26.0. The Morgan fingerprint density at radius 2 is 1.74 bits per heavy atom. The lowest BCUT2D eigenvalue weighted by molar-refractivity contribution is -0.136. The molecule has 13 heteroatoms. The molecule has 6 aliphatic heterocycles. The van der Waals surface area contributed by atoms with Crippen molar-refractivity contribution >= 4 is 29.1 Å². The van der Waals surface area contributed by atoms with Crippen LogP contribution in [0.25, 0.3) is 5.70 Å². The zero-order valence-electron chi connectivity index (χ0n) is 31.5. The number of phenolic OH excluding ortho intramolecular Hbond substituents is 1. The number of imide groups is 1. The summed E-state index contributed by atoms with van der Waals surface area (Å²) in [5, 5.41) is 15.6. The minimum absolute atomic E-state index is 0.0890. The lowest BCUT2D eigenvalue weighted by atomic mass is 9.95. The Labute approximate surface area is 318 Å². The third kappa shape index (κ3) is 7.35. The number of para-hydroxylation sites is 1. The third-order valence-electron chi connectivity index (χ3n) is 12.8. The first kappa shape index (κ1) is 36.2. The van der Waals surface area contributed by atoms with E-state index in [1.165, 1.54) is 38.9 Å². The Bertz CT molecular complexity index is 1840. The molecule has 7 aliphatic rings. The summed E-state index contributed by atoms with van der Waals surface area (Å²) in [7, 11) is 2.15. The van der Waals surface area contributed by atoms with Gasteiger partial charge in [0.2, 0.25) is 11.8 Å². The Balaban J connectivity index is 0.000000161. The van der Waals surface area contributed by atoms with Crippen LogP contribution in [0.3, 0.4) is 0 Å². The van der Waals surface area contributed by atoms with Gasteiger partial charge in [-0.25, -0.2) is 0 Å². The second-order valence-corrected chi connectivity index (χ2v) is 16.5. The molecule has 13 nitrogen and oxygen atoms in total. The Kier molecular flexibility index (Phi) is 9.95. The monoisotopic (exact) mass is 737 g/mol. The van der Waals surface area contributed by atoms with Crippen molar-refractivity contribution in [3.63, 3.8) is 0 Å². The molecule has 0 radical (unpaired) electrons. The van der Waals surface area contributed by atoms with Gasteiger partial charge in [0.15, 0.2) is 0 Å². The van der Waals surface area contributed by atoms with Crippen molar-refractivity contribution in [1.82, 2.24) is 30.2 Å². The number of carbonyl (C=O) groups excluding carboxylic acids is 3. The average Bonchev–Trinajstić information content (AvgIpc) is 3.63. The molecule has 5 atom stereocenters. The molecule has 7 N–H and O–H groups in total. The summed E-state index contributed by atoms with van der Waals surface area (Å²) >= 11 is 0. The van der Waals surface area contributed by atoms with E-state index in [0.29, 0.717) is 47.7 Å². The number of likely N-dealkylation sites (tertiary alicyclic amines) is 1. The van der Waals surface area contributed by atoms with E-state index in [1.54, 1.807) is 23.1 Å². The number of phenols is 1. The van der Waals surface area contributed by atoms with Gasteiger partial charge in [-0.05, 0) is 93.3 Å². The van der Waals surface area contributed by atoms with Crippen LogP contribution in [0.5, 0.6) is 5.75 Å². The van der Waals surface area contributed by atoms with E-state index in [1.807, 2.05) is 24.3 Å². The average molecular weight is 738 g/mol. The molecule has 0 aromatic heterocycles.